The lowest BCUT2D eigenvalue weighted by Gasteiger charge is -2.36. The van der Waals surface area contributed by atoms with Crippen LogP contribution in [0.1, 0.15) is 29.3 Å². The lowest BCUT2D eigenvalue weighted by Crippen LogP contribution is -2.39. The summed E-state index contributed by atoms with van der Waals surface area (Å²) in [6.45, 7) is 1.35. The number of benzene rings is 1. The third-order valence-electron chi connectivity index (χ3n) is 4.26. The molecule has 1 fully saturated rings. The fraction of sp³-hybridized carbons (Fsp3) is 0.353. The maximum absolute atomic E-state index is 14.3. The van der Waals surface area contributed by atoms with E-state index in [0.717, 1.165) is 4.88 Å². The van der Waals surface area contributed by atoms with Crippen LogP contribution >= 0.6 is 11.3 Å². The Balaban J connectivity index is 1.88. The van der Waals surface area contributed by atoms with Gasteiger partial charge in [-0.2, -0.15) is 0 Å². The molecule has 5 heteroatoms. The van der Waals surface area contributed by atoms with Gasteiger partial charge in [-0.05, 0) is 43.4 Å². The highest BCUT2D eigenvalue weighted by atomic mass is 32.1. The minimum absolute atomic E-state index is 0.129. The summed E-state index contributed by atoms with van der Waals surface area (Å²) in [5.74, 6) is -1.21. The van der Waals surface area contributed by atoms with Crippen LogP contribution < -0.4 is 0 Å². The van der Waals surface area contributed by atoms with Crippen LogP contribution in [0.15, 0.2) is 41.8 Å². The van der Waals surface area contributed by atoms with Crippen LogP contribution in [-0.4, -0.2) is 29.1 Å². The summed E-state index contributed by atoms with van der Waals surface area (Å²) in [4.78, 5) is 14.4. The fourth-order valence-electron chi connectivity index (χ4n) is 3.08. The van der Waals surface area contributed by atoms with Crippen LogP contribution in [0.2, 0.25) is 0 Å². The van der Waals surface area contributed by atoms with Crippen molar-refractivity contribution in [1.29, 1.82) is 0 Å². The van der Waals surface area contributed by atoms with Crippen LogP contribution in [0.3, 0.4) is 0 Å². The molecule has 0 spiro atoms. The average Bonchev–Trinajstić information content (AvgIpc) is 3.04. The second-order valence-electron chi connectivity index (χ2n) is 5.59. The first kappa shape index (κ1) is 15.2. The molecule has 0 radical (unpaired) electrons. The summed E-state index contributed by atoms with van der Waals surface area (Å²) >= 11 is 1.61. The van der Waals surface area contributed by atoms with Crippen molar-refractivity contribution in [3.63, 3.8) is 0 Å². The van der Waals surface area contributed by atoms with E-state index < -0.39 is 5.97 Å². The third-order valence-corrected chi connectivity index (χ3v) is 5.18. The number of likely N-dealkylation sites (tertiary alicyclic amines) is 1. The van der Waals surface area contributed by atoms with Gasteiger partial charge < -0.3 is 5.11 Å². The number of aliphatic carboxylic acids is 1. The number of rotatable bonds is 4. The van der Waals surface area contributed by atoms with Crippen molar-refractivity contribution in [2.45, 2.75) is 18.9 Å². The molecular formula is C17H18FNO2S. The molecule has 0 saturated carbocycles. The minimum atomic E-state index is -0.724. The van der Waals surface area contributed by atoms with Crippen LogP contribution in [0.4, 0.5) is 4.39 Å². The van der Waals surface area contributed by atoms with Gasteiger partial charge in [-0.1, -0.05) is 24.3 Å². The molecule has 1 N–H and O–H groups in total. The number of nitrogens with zero attached hydrogens (tertiary/aromatic N) is 1. The maximum Gasteiger partial charge on any atom is 0.306 e. The zero-order valence-electron chi connectivity index (χ0n) is 12.1. The van der Waals surface area contributed by atoms with Crippen molar-refractivity contribution in [2.75, 3.05) is 13.1 Å². The first-order valence-electron chi connectivity index (χ1n) is 7.41. The second kappa shape index (κ2) is 6.58. The van der Waals surface area contributed by atoms with Gasteiger partial charge in [0.15, 0.2) is 0 Å². The van der Waals surface area contributed by atoms with Gasteiger partial charge in [-0.25, -0.2) is 4.39 Å². The lowest BCUT2D eigenvalue weighted by molar-refractivity contribution is -0.143. The molecule has 1 saturated heterocycles. The predicted molar refractivity (Wildman–Crippen MR) is 84.5 cm³/mol. The molecule has 3 rings (SSSR count). The Morgan fingerprint density at radius 2 is 1.95 bits per heavy atom. The van der Waals surface area contributed by atoms with E-state index >= 15 is 0 Å². The van der Waals surface area contributed by atoms with Crippen molar-refractivity contribution in [2.24, 2.45) is 5.92 Å². The normalized spacial score (nSPS) is 18.2. The number of hydrogen-bond acceptors (Lipinski definition) is 3. The Morgan fingerprint density at radius 1 is 1.23 bits per heavy atom. The van der Waals surface area contributed by atoms with E-state index in [2.05, 4.69) is 4.90 Å². The van der Waals surface area contributed by atoms with E-state index in [1.807, 2.05) is 29.6 Å². The Hall–Kier alpha value is -1.72. The number of hydrogen-bond donors (Lipinski definition) is 1. The molecule has 1 aromatic heterocycles. The van der Waals surface area contributed by atoms with Gasteiger partial charge in [-0.3, -0.25) is 9.69 Å². The summed E-state index contributed by atoms with van der Waals surface area (Å²) in [5.41, 5.74) is 0.665. The summed E-state index contributed by atoms with van der Waals surface area (Å²) in [7, 11) is 0. The molecule has 1 aliphatic heterocycles. The smallest absolute Gasteiger partial charge is 0.306 e. The molecule has 1 aromatic carbocycles. The van der Waals surface area contributed by atoms with E-state index in [1.54, 1.807) is 17.4 Å². The van der Waals surface area contributed by atoms with E-state index in [1.165, 1.54) is 6.07 Å². The van der Waals surface area contributed by atoms with Gasteiger partial charge in [0, 0.05) is 10.4 Å². The maximum atomic E-state index is 14.3. The van der Waals surface area contributed by atoms with Crippen molar-refractivity contribution < 1.29 is 14.3 Å². The van der Waals surface area contributed by atoms with E-state index in [0.29, 0.717) is 31.5 Å². The van der Waals surface area contributed by atoms with Crippen LogP contribution in [0.5, 0.6) is 0 Å². The molecular weight excluding hydrogens is 301 g/mol. The molecule has 2 aromatic rings. The predicted octanol–water partition coefficient (Wildman–Crippen LogP) is 3.77. The molecule has 0 amide bonds. The molecule has 0 aliphatic carbocycles. The Kier molecular flexibility index (Phi) is 4.55. The number of carbonyl (C=O) groups is 1. The quantitative estimate of drug-likeness (QED) is 0.932. The van der Waals surface area contributed by atoms with Gasteiger partial charge in [0.1, 0.15) is 5.82 Å². The zero-order chi connectivity index (χ0) is 15.5. The molecule has 2 heterocycles. The number of carboxylic acids is 1. The summed E-state index contributed by atoms with van der Waals surface area (Å²) in [6, 6.07) is 10.7. The third kappa shape index (κ3) is 3.05. The topological polar surface area (TPSA) is 40.5 Å². The van der Waals surface area contributed by atoms with Crippen molar-refractivity contribution >= 4 is 17.3 Å². The fourth-order valence-corrected chi connectivity index (χ4v) is 3.95. The van der Waals surface area contributed by atoms with Crippen LogP contribution in [0.25, 0.3) is 0 Å². The highest BCUT2D eigenvalue weighted by Gasteiger charge is 2.31. The minimum Gasteiger partial charge on any atom is -0.481 e. The van der Waals surface area contributed by atoms with Gasteiger partial charge in [-0.15, -0.1) is 11.3 Å². The first-order valence-corrected chi connectivity index (χ1v) is 8.29. The zero-order valence-corrected chi connectivity index (χ0v) is 12.9. The van der Waals surface area contributed by atoms with Gasteiger partial charge in [0.25, 0.3) is 0 Å². The van der Waals surface area contributed by atoms with E-state index in [-0.39, 0.29) is 17.8 Å². The molecule has 0 bridgehead atoms. The molecule has 22 heavy (non-hydrogen) atoms. The van der Waals surface area contributed by atoms with Gasteiger partial charge in [0.2, 0.25) is 0 Å². The van der Waals surface area contributed by atoms with Gasteiger partial charge >= 0.3 is 5.97 Å². The summed E-state index contributed by atoms with van der Waals surface area (Å²) < 4.78 is 14.3. The number of carboxylic acid groups (broad SMARTS) is 1. The second-order valence-corrected chi connectivity index (χ2v) is 6.57. The van der Waals surface area contributed by atoms with E-state index in [4.69, 9.17) is 5.11 Å². The Bertz CT molecular complexity index is 636. The largest absolute Gasteiger partial charge is 0.481 e. The Labute approximate surface area is 133 Å². The highest BCUT2D eigenvalue weighted by Crippen LogP contribution is 2.35. The highest BCUT2D eigenvalue weighted by molar-refractivity contribution is 7.10. The summed E-state index contributed by atoms with van der Waals surface area (Å²) in [6.07, 6.45) is 1.23. The standard InChI is InChI=1S/C17H18FNO2S/c18-14-5-2-1-4-13(14)16(15-6-3-11-22-15)19-9-7-12(8-10-19)17(20)21/h1-6,11-12,16H,7-10H2,(H,20,21). The van der Waals surface area contributed by atoms with Gasteiger partial charge in [0.05, 0.1) is 12.0 Å². The van der Waals surface area contributed by atoms with Crippen LogP contribution in [0, 0.1) is 11.7 Å². The average molecular weight is 319 g/mol. The Morgan fingerprint density at radius 3 is 2.55 bits per heavy atom. The summed E-state index contributed by atoms with van der Waals surface area (Å²) in [5, 5.41) is 11.1. The molecule has 116 valence electrons. The monoisotopic (exact) mass is 319 g/mol. The number of thiophene rings is 1. The molecule has 3 nitrogen and oxygen atoms in total. The lowest BCUT2D eigenvalue weighted by atomic mass is 9.93. The molecule has 1 aliphatic rings. The SMILES string of the molecule is O=C(O)C1CCN(C(c2cccs2)c2ccccc2F)CC1. The molecule has 1 unspecified atom stereocenters. The van der Waals surface area contributed by atoms with Crippen LogP contribution in [-0.2, 0) is 4.79 Å². The number of halogens is 1. The first-order chi connectivity index (χ1) is 10.7. The van der Waals surface area contributed by atoms with Crippen molar-refractivity contribution in [1.82, 2.24) is 4.90 Å². The molecule has 1 atom stereocenters. The van der Waals surface area contributed by atoms with Crippen molar-refractivity contribution in [3.05, 3.63) is 58.0 Å². The van der Waals surface area contributed by atoms with E-state index in [9.17, 15) is 9.18 Å². The number of piperidine rings is 1. The van der Waals surface area contributed by atoms with Crippen molar-refractivity contribution in [3.8, 4) is 0 Å².